The minimum absolute atomic E-state index is 0.264. The lowest BCUT2D eigenvalue weighted by molar-refractivity contribution is 0.422. The Labute approximate surface area is 129 Å². The van der Waals surface area contributed by atoms with Crippen LogP contribution in [0, 0.1) is 12.3 Å². The van der Waals surface area contributed by atoms with Crippen molar-refractivity contribution in [3.05, 3.63) is 72.4 Å². The number of aryl methyl sites for hydroxylation is 1. The number of nitrogens with zero attached hydrogens (tertiary/aromatic N) is 3. The van der Waals surface area contributed by atoms with Crippen LogP contribution in [0.4, 0.5) is 4.39 Å². The number of aromatic nitrogens is 3. The average molecular weight is 293 g/mol. The Balaban J connectivity index is 0.000000188. The number of terminal acetylenes is 1. The molecule has 0 aliphatic rings. The molecule has 0 aliphatic heterocycles. The Morgan fingerprint density at radius 1 is 1.00 bits per heavy atom. The van der Waals surface area contributed by atoms with Crippen LogP contribution < -0.4 is 0 Å². The van der Waals surface area contributed by atoms with E-state index in [0.29, 0.717) is 0 Å². The molecule has 22 heavy (non-hydrogen) atoms. The van der Waals surface area contributed by atoms with Gasteiger partial charge in [-0.2, -0.15) is 0 Å². The molecule has 0 atom stereocenters. The molecule has 1 aromatic heterocycles. The molecule has 4 heteroatoms. The summed E-state index contributed by atoms with van der Waals surface area (Å²) in [5.41, 5.74) is 2.71. The average Bonchev–Trinajstić information content (AvgIpc) is 3.06. The first-order chi connectivity index (χ1) is 10.8. The van der Waals surface area contributed by atoms with Gasteiger partial charge in [-0.1, -0.05) is 59.7 Å². The topological polar surface area (TPSA) is 30.7 Å². The van der Waals surface area contributed by atoms with Crippen molar-refractivity contribution in [3.63, 3.8) is 0 Å². The van der Waals surface area contributed by atoms with E-state index in [1.54, 1.807) is 6.20 Å². The molecular formula is C18H16FN3. The molecule has 0 radical (unpaired) electrons. The van der Waals surface area contributed by atoms with Crippen LogP contribution in [0.25, 0.3) is 11.3 Å². The van der Waals surface area contributed by atoms with E-state index in [9.17, 15) is 4.39 Å². The number of alkyl halides is 1. The number of rotatable bonds is 3. The molecule has 0 unspecified atom stereocenters. The van der Waals surface area contributed by atoms with E-state index < -0.39 is 6.67 Å². The molecule has 3 rings (SSSR count). The summed E-state index contributed by atoms with van der Waals surface area (Å²) in [4.78, 5) is 0. The van der Waals surface area contributed by atoms with Crippen LogP contribution in [0.2, 0.25) is 0 Å². The van der Waals surface area contributed by atoms with E-state index in [2.05, 4.69) is 16.2 Å². The SMILES string of the molecule is C#Cc1ccccc1.FCCn1cc(-c2ccccc2)nn1. The van der Waals surface area contributed by atoms with Crippen molar-refractivity contribution in [2.45, 2.75) is 6.54 Å². The van der Waals surface area contributed by atoms with Crippen molar-refractivity contribution < 1.29 is 4.39 Å². The summed E-state index contributed by atoms with van der Waals surface area (Å²) in [7, 11) is 0. The lowest BCUT2D eigenvalue weighted by Crippen LogP contribution is -1.99. The van der Waals surface area contributed by atoms with Crippen LogP contribution in [0.5, 0.6) is 0 Å². The second-order valence-corrected chi connectivity index (χ2v) is 4.43. The highest BCUT2D eigenvalue weighted by Crippen LogP contribution is 2.14. The van der Waals surface area contributed by atoms with E-state index in [-0.39, 0.29) is 6.54 Å². The van der Waals surface area contributed by atoms with Crippen molar-refractivity contribution in [1.29, 1.82) is 0 Å². The quantitative estimate of drug-likeness (QED) is 0.691. The fourth-order valence-corrected chi connectivity index (χ4v) is 1.77. The van der Waals surface area contributed by atoms with Gasteiger partial charge in [-0.15, -0.1) is 11.5 Å². The largest absolute Gasteiger partial charge is 0.249 e. The summed E-state index contributed by atoms with van der Waals surface area (Å²) >= 11 is 0. The van der Waals surface area contributed by atoms with Gasteiger partial charge in [0.05, 0.1) is 12.7 Å². The highest BCUT2D eigenvalue weighted by Gasteiger charge is 2.01. The maximum atomic E-state index is 12.0. The second-order valence-electron chi connectivity index (χ2n) is 4.43. The summed E-state index contributed by atoms with van der Waals surface area (Å²) < 4.78 is 13.5. The third-order valence-electron chi connectivity index (χ3n) is 2.86. The van der Waals surface area contributed by atoms with Gasteiger partial charge in [0.25, 0.3) is 0 Å². The lowest BCUT2D eigenvalue weighted by Gasteiger charge is -1.93. The van der Waals surface area contributed by atoms with Crippen molar-refractivity contribution in [3.8, 4) is 23.6 Å². The summed E-state index contributed by atoms with van der Waals surface area (Å²) in [6.45, 7) is -0.155. The summed E-state index contributed by atoms with van der Waals surface area (Å²) in [6.07, 6.45) is 6.84. The van der Waals surface area contributed by atoms with Crippen molar-refractivity contribution in [2.24, 2.45) is 0 Å². The van der Waals surface area contributed by atoms with Gasteiger partial charge in [0.1, 0.15) is 12.4 Å². The van der Waals surface area contributed by atoms with Crippen molar-refractivity contribution >= 4 is 0 Å². The predicted molar refractivity (Wildman–Crippen MR) is 85.8 cm³/mol. The molecule has 0 N–H and O–H groups in total. The van der Waals surface area contributed by atoms with Crippen LogP contribution >= 0.6 is 0 Å². The lowest BCUT2D eigenvalue weighted by atomic mass is 10.2. The van der Waals surface area contributed by atoms with Gasteiger partial charge in [0.15, 0.2) is 0 Å². The second kappa shape index (κ2) is 8.38. The van der Waals surface area contributed by atoms with E-state index in [1.807, 2.05) is 60.7 Å². The molecule has 3 nitrogen and oxygen atoms in total. The molecule has 0 bridgehead atoms. The Morgan fingerprint density at radius 3 is 2.18 bits per heavy atom. The Hall–Kier alpha value is -2.93. The zero-order chi connectivity index (χ0) is 15.6. The van der Waals surface area contributed by atoms with Crippen LogP contribution in [0.1, 0.15) is 5.56 Å². The first kappa shape index (κ1) is 15.5. The molecule has 0 aliphatic carbocycles. The smallest absolute Gasteiger partial charge is 0.113 e. The molecule has 2 aromatic carbocycles. The fourth-order valence-electron chi connectivity index (χ4n) is 1.77. The maximum absolute atomic E-state index is 12.0. The standard InChI is InChI=1S/C10H10FN3.C8H6/c11-6-7-14-8-10(12-13-14)9-4-2-1-3-5-9;1-2-8-6-4-3-5-7-8/h1-5,8H,6-7H2;1,3-7H. The van der Waals surface area contributed by atoms with Gasteiger partial charge < -0.3 is 0 Å². The Morgan fingerprint density at radius 2 is 1.64 bits per heavy atom. The van der Waals surface area contributed by atoms with Crippen molar-refractivity contribution in [1.82, 2.24) is 15.0 Å². The molecule has 0 saturated heterocycles. The van der Waals surface area contributed by atoms with Gasteiger partial charge in [0, 0.05) is 11.1 Å². The van der Waals surface area contributed by atoms with Gasteiger partial charge in [-0.3, -0.25) is 0 Å². The third kappa shape index (κ3) is 4.57. The van der Waals surface area contributed by atoms with Crippen LogP contribution in [-0.2, 0) is 6.54 Å². The summed E-state index contributed by atoms with van der Waals surface area (Å²) in [5.74, 6) is 2.53. The molecule has 110 valence electrons. The molecular weight excluding hydrogens is 277 g/mol. The van der Waals surface area contributed by atoms with E-state index >= 15 is 0 Å². The fraction of sp³-hybridized carbons (Fsp3) is 0.111. The molecule has 0 saturated carbocycles. The normalized spacial score (nSPS) is 9.45. The number of halogens is 1. The van der Waals surface area contributed by atoms with E-state index in [1.165, 1.54) is 4.68 Å². The molecule has 0 fully saturated rings. The van der Waals surface area contributed by atoms with E-state index in [0.717, 1.165) is 16.8 Å². The Kier molecular flexibility index (Phi) is 5.89. The summed E-state index contributed by atoms with van der Waals surface area (Å²) in [6, 6.07) is 19.3. The zero-order valence-corrected chi connectivity index (χ0v) is 12.1. The number of benzene rings is 2. The molecule has 1 heterocycles. The first-order valence-corrected chi connectivity index (χ1v) is 6.86. The highest BCUT2D eigenvalue weighted by molar-refractivity contribution is 5.57. The van der Waals surface area contributed by atoms with Gasteiger partial charge in [-0.25, -0.2) is 9.07 Å². The van der Waals surface area contributed by atoms with Crippen LogP contribution in [-0.4, -0.2) is 21.7 Å². The zero-order valence-electron chi connectivity index (χ0n) is 12.1. The predicted octanol–water partition coefficient (Wildman–Crippen LogP) is 3.58. The molecule has 3 aromatic rings. The van der Waals surface area contributed by atoms with Crippen LogP contribution in [0.15, 0.2) is 66.9 Å². The number of hydrogen-bond acceptors (Lipinski definition) is 2. The monoisotopic (exact) mass is 293 g/mol. The molecule has 0 amide bonds. The van der Waals surface area contributed by atoms with Gasteiger partial charge >= 0.3 is 0 Å². The summed E-state index contributed by atoms with van der Waals surface area (Å²) in [5, 5.41) is 7.76. The van der Waals surface area contributed by atoms with Gasteiger partial charge in [-0.05, 0) is 12.1 Å². The minimum Gasteiger partial charge on any atom is -0.249 e. The minimum atomic E-state index is -0.419. The maximum Gasteiger partial charge on any atom is 0.113 e. The first-order valence-electron chi connectivity index (χ1n) is 6.86. The Bertz CT molecular complexity index is 715. The van der Waals surface area contributed by atoms with Gasteiger partial charge in [0.2, 0.25) is 0 Å². The molecule has 0 spiro atoms. The van der Waals surface area contributed by atoms with Crippen molar-refractivity contribution in [2.75, 3.05) is 6.67 Å². The third-order valence-corrected chi connectivity index (χ3v) is 2.86. The van der Waals surface area contributed by atoms with E-state index in [4.69, 9.17) is 6.42 Å². The highest BCUT2D eigenvalue weighted by atomic mass is 19.1. The van der Waals surface area contributed by atoms with Crippen LogP contribution in [0.3, 0.4) is 0 Å². The number of hydrogen-bond donors (Lipinski definition) is 0.